The van der Waals surface area contributed by atoms with Crippen LogP contribution in [0.3, 0.4) is 0 Å². The Labute approximate surface area is 55.5 Å². The largest absolute Gasteiger partial charge is 0.850 e. The highest BCUT2D eigenvalue weighted by atomic mass is 18.2. The van der Waals surface area contributed by atoms with E-state index in [9.17, 15) is 9.50 Å². The van der Waals surface area contributed by atoms with Gasteiger partial charge in [-0.15, -0.1) is 0 Å². The zero-order valence-electron chi connectivity index (χ0n) is 6.06. The van der Waals surface area contributed by atoms with Gasteiger partial charge in [0.15, 0.2) is 0 Å². The first-order valence-electron chi connectivity index (χ1n) is 3.16. The van der Waals surface area contributed by atoms with E-state index >= 15 is 0 Å². The number of nitrogens with zero attached hydrogens (tertiary/aromatic N) is 1. The number of rotatable bonds is 4. The van der Waals surface area contributed by atoms with E-state index in [1.807, 2.05) is 6.92 Å². The molecule has 0 heterocycles. The highest BCUT2D eigenvalue weighted by Crippen LogP contribution is 1.99. The maximum atomic E-state index is 12.1. The molecule has 0 aliphatic heterocycles. The van der Waals surface area contributed by atoms with Gasteiger partial charge in [-0.3, -0.25) is 0 Å². The van der Waals surface area contributed by atoms with Crippen LogP contribution in [0, 0.1) is 0 Å². The lowest BCUT2D eigenvalue weighted by Crippen LogP contribution is -2.46. The minimum atomic E-state index is -0.432. The fourth-order valence-electron chi connectivity index (χ4n) is 0.523. The molecule has 0 fully saturated rings. The molecule has 1 unspecified atom stereocenters. The molecule has 0 aliphatic rings. The van der Waals surface area contributed by atoms with E-state index in [0.29, 0.717) is 13.1 Å². The second kappa shape index (κ2) is 3.80. The Morgan fingerprint density at radius 1 is 1.56 bits per heavy atom. The summed E-state index contributed by atoms with van der Waals surface area (Å²) in [7, 11) is 1.75. The van der Waals surface area contributed by atoms with Crippen molar-refractivity contribution in [2.75, 3.05) is 33.5 Å². The Morgan fingerprint density at radius 2 is 2.11 bits per heavy atom. The molecule has 1 atom stereocenters. The number of hydrogen-bond donors (Lipinski definition) is 0. The van der Waals surface area contributed by atoms with Crippen molar-refractivity contribution in [2.24, 2.45) is 0 Å². The van der Waals surface area contributed by atoms with Crippen molar-refractivity contribution in [1.82, 2.24) is 0 Å². The Balaban J connectivity index is 3.62. The first-order valence-corrected chi connectivity index (χ1v) is 3.16. The predicted molar refractivity (Wildman–Crippen MR) is 32.4 cm³/mol. The van der Waals surface area contributed by atoms with Gasteiger partial charge in [-0.2, -0.15) is 4.39 Å². The Morgan fingerprint density at radius 3 is 2.22 bits per heavy atom. The van der Waals surface area contributed by atoms with Gasteiger partial charge < -0.3 is 9.59 Å². The lowest BCUT2D eigenvalue weighted by Gasteiger charge is -2.30. The SMILES string of the molecule is CC[N+](C)(C[18F])CC[O-]. The van der Waals surface area contributed by atoms with Gasteiger partial charge >= 0.3 is 0 Å². The van der Waals surface area contributed by atoms with Crippen molar-refractivity contribution < 1.29 is 14.0 Å². The van der Waals surface area contributed by atoms with Gasteiger partial charge in [0.1, 0.15) is 0 Å². The summed E-state index contributed by atoms with van der Waals surface area (Å²) >= 11 is 0. The van der Waals surface area contributed by atoms with E-state index in [1.165, 1.54) is 0 Å². The second-order valence-electron chi connectivity index (χ2n) is 2.48. The van der Waals surface area contributed by atoms with Crippen molar-refractivity contribution in [3.63, 3.8) is 0 Å². The molecule has 0 spiro atoms. The maximum Gasteiger partial charge on any atom is 0.221 e. The third kappa shape index (κ3) is 2.77. The Hall–Kier alpha value is -0.150. The third-order valence-corrected chi connectivity index (χ3v) is 1.68. The fraction of sp³-hybridized carbons (Fsp3) is 1.00. The quantitative estimate of drug-likeness (QED) is 0.384. The van der Waals surface area contributed by atoms with E-state index in [2.05, 4.69) is 0 Å². The van der Waals surface area contributed by atoms with Gasteiger partial charge in [0, 0.05) is 0 Å². The van der Waals surface area contributed by atoms with Gasteiger partial charge in [0.25, 0.3) is 0 Å². The summed E-state index contributed by atoms with van der Waals surface area (Å²) in [6.07, 6.45) is 0. The summed E-state index contributed by atoms with van der Waals surface area (Å²) in [5.41, 5.74) is 0. The highest BCUT2D eigenvalue weighted by molar-refractivity contribution is 4.26. The molecule has 9 heavy (non-hydrogen) atoms. The van der Waals surface area contributed by atoms with Crippen LogP contribution >= 0.6 is 0 Å². The van der Waals surface area contributed by atoms with Crippen LogP contribution in [0.25, 0.3) is 0 Å². The molecule has 3 heteroatoms. The summed E-state index contributed by atoms with van der Waals surface area (Å²) < 4.78 is 12.3. The molecule has 0 rings (SSSR count). The topological polar surface area (TPSA) is 23.1 Å². The molecule has 0 radical (unpaired) electrons. The van der Waals surface area contributed by atoms with E-state index in [0.717, 1.165) is 0 Å². The van der Waals surface area contributed by atoms with Crippen LogP contribution in [-0.4, -0.2) is 38.0 Å². The fourth-order valence-corrected chi connectivity index (χ4v) is 0.523. The second-order valence-corrected chi connectivity index (χ2v) is 2.48. The number of alkyl halides is 1. The van der Waals surface area contributed by atoms with Gasteiger partial charge in [-0.1, -0.05) is 6.61 Å². The summed E-state index contributed by atoms with van der Waals surface area (Å²) in [6, 6.07) is 0. The average Bonchev–Trinajstić information content (AvgIpc) is 1.89. The minimum absolute atomic E-state index is 0.186. The van der Waals surface area contributed by atoms with Crippen molar-refractivity contribution >= 4 is 0 Å². The number of likely N-dealkylation sites (N-methyl/N-ethyl adjacent to an activating group) is 1. The van der Waals surface area contributed by atoms with Crippen LogP contribution in [0.15, 0.2) is 0 Å². The monoisotopic (exact) mass is 134 g/mol. The molecule has 0 N–H and O–H groups in total. The normalized spacial score (nSPS) is 17.3. The molecular weight excluding hydrogens is 120 g/mol. The van der Waals surface area contributed by atoms with Crippen LogP contribution in [0.1, 0.15) is 6.92 Å². The predicted octanol–water partition coefficient (Wildman–Crippen LogP) is -0.260. The van der Waals surface area contributed by atoms with Crippen molar-refractivity contribution in [3.05, 3.63) is 0 Å². The van der Waals surface area contributed by atoms with Crippen LogP contribution in [0.5, 0.6) is 0 Å². The Bertz CT molecular complexity index is 73.5. The van der Waals surface area contributed by atoms with Crippen LogP contribution in [0.2, 0.25) is 0 Å². The van der Waals surface area contributed by atoms with E-state index < -0.39 is 6.80 Å². The number of quaternary nitrogens is 1. The molecule has 0 aromatic carbocycles. The molecule has 0 aromatic heterocycles. The minimum Gasteiger partial charge on any atom is -0.850 e. The molecule has 0 aromatic rings. The van der Waals surface area contributed by atoms with Crippen molar-refractivity contribution in [3.8, 4) is 0 Å². The third-order valence-electron chi connectivity index (χ3n) is 1.68. The number of hydrogen-bond acceptors (Lipinski definition) is 1. The zero-order chi connectivity index (χ0) is 7.33. The molecule has 0 saturated carbocycles. The smallest absolute Gasteiger partial charge is 0.221 e. The van der Waals surface area contributed by atoms with E-state index in [4.69, 9.17) is 0 Å². The van der Waals surface area contributed by atoms with Gasteiger partial charge in [-0.05, 0) is 6.92 Å². The molecule has 0 amide bonds. The summed E-state index contributed by atoms with van der Waals surface area (Å²) in [5, 5.41) is 10.1. The number of halogens is 1. The molecular formula is C6H14FNO. The van der Waals surface area contributed by atoms with Crippen molar-refractivity contribution in [1.29, 1.82) is 0 Å². The average molecular weight is 134 g/mol. The van der Waals surface area contributed by atoms with E-state index in [1.54, 1.807) is 7.05 Å². The van der Waals surface area contributed by atoms with Crippen LogP contribution < -0.4 is 5.11 Å². The van der Waals surface area contributed by atoms with Crippen LogP contribution in [-0.2, 0) is 0 Å². The lowest BCUT2D eigenvalue weighted by molar-refractivity contribution is -0.924. The molecule has 2 nitrogen and oxygen atoms in total. The molecule has 0 aliphatic carbocycles. The summed E-state index contributed by atoms with van der Waals surface area (Å²) in [6.45, 7) is 2.36. The zero-order valence-corrected chi connectivity index (χ0v) is 6.06. The highest BCUT2D eigenvalue weighted by Gasteiger charge is 2.14. The standard InChI is InChI=1S/C6H14FNO/c1-3-8(2,6-7)4-5-9/h3-6H2,1-2H3/i7-1. The first kappa shape index (κ1) is 8.85. The van der Waals surface area contributed by atoms with Gasteiger partial charge in [-0.25, -0.2) is 0 Å². The van der Waals surface area contributed by atoms with Crippen LogP contribution in [0.4, 0.5) is 4.39 Å². The lowest BCUT2D eigenvalue weighted by atomic mass is 10.4. The molecule has 56 valence electrons. The molecule has 0 bridgehead atoms. The van der Waals surface area contributed by atoms with Gasteiger partial charge in [0.05, 0.1) is 20.1 Å². The Kier molecular flexibility index (Phi) is 3.73. The van der Waals surface area contributed by atoms with E-state index in [-0.39, 0.29) is 11.1 Å². The molecule has 0 saturated heterocycles. The maximum absolute atomic E-state index is 12.1. The van der Waals surface area contributed by atoms with Crippen molar-refractivity contribution in [2.45, 2.75) is 6.92 Å². The summed E-state index contributed by atoms with van der Waals surface area (Å²) in [5.74, 6) is 0. The van der Waals surface area contributed by atoms with Gasteiger partial charge in [0.2, 0.25) is 6.80 Å². The first-order chi connectivity index (χ1) is 4.18. The summed E-state index contributed by atoms with van der Waals surface area (Å²) in [4.78, 5) is 0.